The van der Waals surface area contributed by atoms with Crippen LogP contribution in [0.15, 0.2) is 30.3 Å². The van der Waals surface area contributed by atoms with Crippen molar-refractivity contribution in [3.8, 4) is 0 Å². The first kappa shape index (κ1) is 15.1. The molecule has 1 aromatic carbocycles. The number of aromatic nitrogens is 1. The molecular formula is C18H24N2O2. The fraction of sp³-hybridized carbons (Fsp3) is 0.500. The van der Waals surface area contributed by atoms with Crippen LogP contribution in [-0.2, 0) is 11.3 Å². The summed E-state index contributed by atoms with van der Waals surface area (Å²) in [7, 11) is 0. The molecule has 1 atom stereocenters. The van der Waals surface area contributed by atoms with Gasteiger partial charge in [-0.25, -0.2) is 0 Å². The van der Waals surface area contributed by atoms with E-state index in [0.29, 0.717) is 12.6 Å². The maximum Gasteiger partial charge on any atom is 0.267 e. The maximum absolute atomic E-state index is 12.5. The topological polar surface area (TPSA) is 43.3 Å². The van der Waals surface area contributed by atoms with E-state index in [4.69, 9.17) is 4.74 Å². The maximum atomic E-state index is 12.5. The number of hydrogen-bond acceptors (Lipinski definition) is 2. The molecule has 1 aromatic heterocycles. The molecule has 2 heterocycles. The molecule has 0 radical (unpaired) electrons. The third-order valence-corrected chi connectivity index (χ3v) is 4.27. The molecule has 0 bridgehead atoms. The normalized spacial score (nSPS) is 18.0. The molecule has 4 nitrogen and oxygen atoms in total. The molecule has 0 unspecified atom stereocenters. The molecular weight excluding hydrogens is 276 g/mol. The standard InChI is InChI=1S/C18H24N2O2/c1-2-11-20-16-8-4-3-6-14(16)13-17(20)18(21)19-10-9-15-7-5-12-22-15/h3-4,6,8,13,15H,2,5,7,9-12H2,1H3,(H,19,21)/t15-/m0/s1. The van der Waals surface area contributed by atoms with Gasteiger partial charge in [-0.2, -0.15) is 0 Å². The highest BCUT2D eigenvalue weighted by atomic mass is 16.5. The second kappa shape index (κ2) is 6.97. The van der Waals surface area contributed by atoms with Crippen LogP contribution in [0.2, 0.25) is 0 Å². The van der Waals surface area contributed by atoms with Gasteiger partial charge in [-0.3, -0.25) is 4.79 Å². The summed E-state index contributed by atoms with van der Waals surface area (Å²) >= 11 is 0. The molecule has 118 valence electrons. The Kier molecular flexibility index (Phi) is 4.78. The van der Waals surface area contributed by atoms with Crippen molar-refractivity contribution in [1.29, 1.82) is 0 Å². The van der Waals surface area contributed by atoms with Gasteiger partial charge in [0.2, 0.25) is 0 Å². The first-order chi connectivity index (χ1) is 10.8. The van der Waals surface area contributed by atoms with Gasteiger partial charge in [0.15, 0.2) is 0 Å². The Bertz CT molecular complexity index is 642. The highest BCUT2D eigenvalue weighted by Crippen LogP contribution is 2.20. The van der Waals surface area contributed by atoms with Crippen molar-refractivity contribution in [1.82, 2.24) is 9.88 Å². The lowest BCUT2D eigenvalue weighted by atomic mass is 10.2. The van der Waals surface area contributed by atoms with Crippen LogP contribution in [0, 0.1) is 0 Å². The quantitative estimate of drug-likeness (QED) is 0.889. The smallest absolute Gasteiger partial charge is 0.267 e. The zero-order chi connectivity index (χ0) is 15.4. The van der Waals surface area contributed by atoms with Crippen molar-refractivity contribution in [2.45, 2.75) is 45.3 Å². The van der Waals surface area contributed by atoms with E-state index in [1.165, 1.54) is 0 Å². The van der Waals surface area contributed by atoms with E-state index in [2.05, 4.69) is 28.9 Å². The summed E-state index contributed by atoms with van der Waals surface area (Å²) in [6.07, 6.45) is 4.49. The second-order valence-electron chi connectivity index (χ2n) is 5.92. The predicted molar refractivity (Wildman–Crippen MR) is 88.2 cm³/mol. The first-order valence-corrected chi connectivity index (χ1v) is 8.27. The second-order valence-corrected chi connectivity index (χ2v) is 5.92. The Morgan fingerprint density at radius 3 is 3.05 bits per heavy atom. The monoisotopic (exact) mass is 300 g/mol. The molecule has 3 rings (SSSR count). The van der Waals surface area contributed by atoms with Crippen LogP contribution in [-0.4, -0.2) is 29.7 Å². The summed E-state index contributed by atoms with van der Waals surface area (Å²) < 4.78 is 7.72. The molecule has 22 heavy (non-hydrogen) atoms. The Morgan fingerprint density at radius 1 is 1.41 bits per heavy atom. The van der Waals surface area contributed by atoms with Gasteiger partial charge in [0, 0.05) is 30.6 Å². The molecule has 1 saturated heterocycles. The molecule has 2 aromatic rings. The van der Waals surface area contributed by atoms with E-state index in [1.807, 2.05) is 18.2 Å². The highest BCUT2D eigenvalue weighted by molar-refractivity contribution is 5.98. The largest absolute Gasteiger partial charge is 0.378 e. The lowest BCUT2D eigenvalue weighted by molar-refractivity contribution is 0.0900. The Labute approximate surface area is 131 Å². The number of ether oxygens (including phenoxy) is 1. The molecule has 4 heteroatoms. The number of carbonyl (C=O) groups excluding carboxylic acids is 1. The number of rotatable bonds is 6. The zero-order valence-corrected chi connectivity index (χ0v) is 13.2. The van der Waals surface area contributed by atoms with E-state index in [0.717, 1.165) is 55.4 Å². The van der Waals surface area contributed by atoms with Gasteiger partial charge in [0.1, 0.15) is 5.69 Å². The van der Waals surface area contributed by atoms with Gasteiger partial charge in [-0.15, -0.1) is 0 Å². The first-order valence-electron chi connectivity index (χ1n) is 8.27. The predicted octanol–water partition coefficient (Wildman–Crippen LogP) is 3.35. The summed E-state index contributed by atoms with van der Waals surface area (Å²) in [5.41, 5.74) is 1.89. The third-order valence-electron chi connectivity index (χ3n) is 4.27. The minimum absolute atomic E-state index is 0.0163. The summed E-state index contributed by atoms with van der Waals surface area (Å²) in [5, 5.41) is 4.17. The molecule has 1 amide bonds. The number of fused-ring (bicyclic) bond motifs is 1. The van der Waals surface area contributed by atoms with E-state index < -0.39 is 0 Å². The van der Waals surface area contributed by atoms with Crippen molar-refractivity contribution in [2.24, 2.45) is 0 Å². The van der Waals surface area contributed by atoms with Gasteiger partial charge in [-0.05, 0) is 37.8 Å². The highest BCUT2D eigenvalue weighted by Gasteiger charge is 2.17. The Balaban J connectivity index is 1.70. The molecule has 1 fully saturated rings. The number of para-hydroxylation sites is 1. The summed E-state index contributed by atoms with van der Waals surface area (Å²) in [5.74, 6) is 0.0163. The number of amides is 1. The fourth-order valence-electron chi connectivity index (χ4n) is 3.17. The zero-order valence-electron chi connectivity index (χ0n) is 13.2. The average molecular weight is 300 g/mol. The van der Waals surface area contributed by atoms with E-state index in [-0.39, 0.29) is 5.91 Å². The van der Waals surface area contributed by atoms with Crippen LogP contribution in [0.25, 0.3) is 10.9 Å². The number of carbonyl (C=O) groups is 1. The molecule has 1 aliphatic rings. The lowest BCUT2D eigenvalue weighted by Gasteiger charge is -2.12. The molecule has 0 saturated carbocycles. The van der Waals surface area contributed by atoms with Crippen molar-refractivity contribution in [3.63, 3.8) is 0 Å². The van der Waals surface area contributed by atoms with Crippen LogP contribution in [0.4, 0.5) is 0 Å². The summed E-state index contributed by atoms with van der Waals surface area (Å²) in [4.78, 5) is 12.5. The number of benzene rings is 1. The molecule has 1 N–H and O–H groups in total. The lowest BCUT2D eigenvalue weighted by Crippen LogP contribution is -2.28. The van der Waals surface area contributed by atoms with Gasteiger partial charge in [-0.1, -0.05) is 25.1 Å². The van der Waals surface area contributed by atoms with Gasteiger partial charge < -0.3 is 14.6 Å². The van der Waals surface area contributed by atoms with Gasteiger partial charge in [0.25, 0.3) is 5.91 Å². The summed E-state index contributed by atoms with van der Waals surface area (Å²) in [6, 6.07) is 10.2. The minimum atomic E-state index is 0.0163. The third kappa shape index (κ3) is 3.17. The average Bonchev–Trinajstić information content (AvgIpc) is 3.16. The van der Waals surface area contributed by atoms with Crippen LogP contribution in [0.3, 0.4) is 0 Å². The van der Waals surface area contributed by atoms with Gasteiger partial charge >= 0.3 is 0 Å². The summed E-state index contributed by atoms with van der Waals surface area (Å²) in [6.45, 7) is 4.54. The van der Waals surface area contributed by atoms with Crippen LogP contribution in [0.5, 0.6) is 0 Å². The van der Waals surface area contributed by atoms with Crippen molar-refractivity contribution in [2.75, 3.05) is 13.2 Å². The molecule has 0 aliphatic carbocycles. The van der Waals surface area contributed by atoms with E-state index >= 15 is 0 Å². The van der Waals surface area contributed by atoms with E-state index in [1.54, 1.807) is 0 Å². The number of nitrogens with zero attached hydrogens (tertiary/aromatic N) is 1. The Hall–Kier alpha value is -1.81. The van der Waals surface area contributed by atoms with Crippen LogP contribution >= 0.6 is 0 Å². The minimum Gasteiger partial charge on any atom is -0.378 e. The van der Waals surface area contributed by atoms with E-state index in [9.17, 15) is 4.79 Å². The van der Waals surface area contributed by atoms with Crippen LogP contribution < -0.4 is 5.32 Å². The number of hydrogen-bond donors (Lipinski definition) is 1. The van der Waals surface area contributed by atoms with Crippen molar-refractivity contribution in [3.05, 3.63) is 36.0 Å². The Morgan fingerprint density at radius 2 is 2.27 bits per heavy atom. The number of aryl methyl sites for hydroxylation is 1. The van der Waals surface area contributed by atoms with Crippen LogP contribution in [0.1, 0.15) is 43.1 Å². The SMILES string of the molecule is CCCn1c(C(=O)NCC[C@@H]2CCCO2)cc2ccccc21. The van der Waals surface area contributed by atoms with Crippen molar-refractivity contribution < 1.29 is 9.53 Å². The molecule has 0 spiro atoms. The molecule has 1 aliphatic heterocycles. The van der Waals surface area contributed by atoms with Gasteiger partial charge in [0.05, 0.1) is 6.10 Å². The number of nitrogens with one attached hydrogen (secondary N) is 1. The van der Waals surface area contributed by atoms with Crippen molar-refractivity contribution >= 4 is 16.8 Å². The fourth-order valence-corrected chi connectivity index (χ4v) is 3.17.